The number of hydrogen-bond donors (Lipinski definition) is 1. The van der Waals surface area contributed by atoms with Crippen LogP contribution in [0.15, 0.2) is 12.5 Å². The highest BCUT2D eigenvalue weighted by Crippen LogP contribution is 2.18. The zero-order chi connectivity index (χ0) is 16.3. The van der Waals surface area contributed by atoms with Gasteiger partial charge in [0.25, 0.3) is 0 Å². The number of carbonyl (C=O) groups excluding carboxylic acids is 1. The van der Waals surface area contributed by atoms with E-state index in [1.165, 1.54) is 0 Å². The highest BCUT2D eigenvalue weighted by molar-refractivity contribution is 5.68. The second-order valence-electron chi connectivity index (χ2n) is 6.78. The van der Waals surface area contributed by atoms with E-state index in [9.17, 15) is 4.79 Å². The lowest BCUT2D eigenvalue weighted by Crippen LogP contribution is -2.35. The number of hydrogen-bond acceptors (Lipinski definition) is 4. The van der Waals surface area contributed by atoms with E-state index in [0.717, 1.165) is 5.69 Å². The van der Waals surface area contributed by atoms with Gasteiger partial charge in [0.1, 0.15) is 5.60 Å². The first-order chi connectivity index (χ1) is 9.54. The molecule has 1 N–H and O–H groups in total. The molecule has 120 valence electrons. The Balaban J connectivity index is 2.74. The molecule has 0 radical (unpaired) electrons. The van der Waals surface area contributed by atoms with Gasteiger partial charge in [0.15, 0.2) is 0 Å². The average Bonchev–Trinajstić information content (AvgIpc) is 2.73. The molecule has 0 aliphatic heterocycles. The van der Waals surface area contributed by atoms with Gasteiger partial charge in [-0.05, 0) is 41.5 Å². The molecule has 0 saturated carbocycles. The normalized spacial score (nSPS) is 13.9. The van der Waals surface area contributed by atoms with Gasteiger partial charge in [-0.3, -0.25) is 0 Å². The van der Waals surface area contributed by atoms with Crippen LogP contribution in [-0.2, 0) is 16.0 Å². The number of nitrogens with zero attached hydrogens (tertiary/aromatic N) is 2. The molecule has 0 bridgehead atoms. The van der Waals surface area contributed by atoms with Gasteiger partial charge in [0, 0.05) is 7.11 Å². The number of aromatic nitrogens is 2. The van der Waals surface area contributed by atoms with Gasteiger partial charge in [-0.25, -0.2) is 9.78 Å². The van der Waals surface area contributed by atoms with Crippen LogP contribution in [0.25, 0.3) is 0 Å². The molecule has 1 unspecified atom stereocenters. The lowest BCUT2D eigenvalue weighted by molar-refractivity contribution is 0.00728. The van der Waals surface area contributed by atoms with Crippen molar-refractivity contribution in [1.29, 1.82) is 0 Å². The van der Waals surface area contributed by atoms with Crippen LogP contribution in [0.1, 0.15) is 53.3 Å². The van der Waals surface area contributed by atoms with E-state index in [1.54, 1.807) is 19.6 Å². The van der Waals surface area contributed by atoms with Crippen molar-refractivity contribution in [2.75, 3.05) is 7.11 Å². The van der Waals surface area contributed by atoms with Crippen LogP contribution in [0, 0.1) is 0 Å². The number of nitrogens with one attached hydrogen (secondary N) is 1. The van der Waals surface area contributed by atoms with Crippen molar-refractivity contribution in [2.24, 2.45) is 0 Å². The van der Waals surface area contributed by atoms with Crippen LogP contribution in [0.3, 0.4) is 0 Å². The maximum absolute atomic E-state index is 11.8. The van der Waals surface area contributed by atoms with Crippen molar-refractivity contribution in [1.82, 2.24) is 14.9 Å². The van der Waals surface area contributed by atoms with Crippen LogP contribution in [0.4, 0.5) is 4.79 Å². The van der Waals surface area contributed by atoms with E-state index in [-0.39, 0.29) is 11.6 Å². The van der Waals surface area contributed by atoms with E-state index in [0.29, 0.717) is 6.54 Å². The monoisotopic (exact) mass is 297 g/mol. The van der Waals surface area contributed by atoms with Crippen molar-refractivity contribution in [3.63, 3.8) is 0 Å². The van der Waals surface area contributed by atoms with Crippen molar-refractivity contribution < 1.29 is 14.3 Å². The van der Waals surface area contributed by atoms with Gasteiger partial charge < -0.3 is 19.4 Å². The molecule has 0 aliphatic rings. The number of imidazole rings is 1. The fourth-order valence-corrected chi connectivity index (χ4v) is 1.86. The fourth-order valence-electron chi connectivity index (χ4n) is 1.86. The average molecular weight is 297 g/mol. The molecule has 1 atom stereocenters. The largest absolute Gasteiger partial charge is 0.444 e. The lowest BCUT2D eigenvalue weighted by atomic mass is 10.1. The summed E-state index contributed by atoms with van der Waals surface area (Å²) < 4.78 is 12.7. The molecule has 1 amide bonds. The van der Waals surface area contributed by atoms with Crippen LogP contribution in [-0.4, -0.2) is 34.0 Å². The Morgan fingerprint density at radius 3 is 2.52 bits per heavy atom. The number of amides is 1. The minimum absolute atomic E-state index is 0.199. The molecular formula is C15H27N3O3. The van der Waals surface area contributed by atoms with E-state index in [2.05, 4.69) is 10.3 Å². The van der Waals surface area contributed by atoms with Gasteiger partial charge in [0.05, 0.1) is 36.4 Å². The summed E-state index contributed by atoms with van der Waals surface area (Å²) >= 11 is 0. The van der Waals surface area contributed by atoms with E-state index >= 15 is 0 Å². The summed E-state index contributed by atoms with van der Waals surface area (Å²) in [7, 11) is 1.68. The Kier molecular flexibility index (Phi) is 5.39. The molecular weight excluding hydrogens is 270 g/mol. The molecule has 1 heterocycles. The first-order valence-electron chi connectivity index (χ1n) is 7.09. The molecule has 1 rings (SSSR count). The maximum atomic E-state index is 11.8. The third-order valence-corrected chi connectivity index (χ3v) is 3.03. The minimum Gasteiger partial charge on any atom is -0.444 e. The molecule has 0 aromatic carbocycles. The SMILES string of the molecule is COC(C)(C)Cn1cncc1C(C)NC(=O)OC(C)(C)C. The van der Waals surface area contributed by atoms with Crippen molar-refractivity contribution >= 4 is 6.09 Å². The molecule has 0 fully saturated rings. The number of carbonyl (C=O) groups is 1. The predicted molar refractivity (Wildman–Crippen MR) is 81.1 cm³/mol. The predicted octanol–water partition coefficient (Wildman–Crippen LogP) is 2.89. The highest BCUT2D eigenvalue weighted by Gasteiger charge is 2.23. The number of ether oxygens (including phenoxy) is 2. The lowest BCUT2D eigenvalue weighted by Gasteiger charge is -2.26. The molecule has 0 saturated heterocycles. The Labute approximate surface area is 126 Å². The summed E-state index contributed by atoms with van der Waals surface area (Å²) in [6.07, 6.45) is 3.05. The summed E-state index contributed by atoms with van der Waals surface area (Å²) in [4.78, 5) is 16.0. The summed E-state index contributed by atoms with van der Waals surface area (Å²) in [6.45, 7) is 12.1. The van der Waals surface area contributed by atoms with Gasteiger partial charge in [-0.1, -0.05) is 0 Å². The topological polar surface area (TPSA) is 65.4 Å². The van der Waals surface area contributed by atoms with E-state index in [1.807, 2.05) is 46.1 Å². The Hall–Kier alpha value is -1.56. The third-order valence-electron chi connectivity index (χ3n) is 3.03. The molecule has 21 heavy (non-hydrogen) atoms. The Morgan fingerprint density at radius 2 is 2.00 bits per heavy atom. The molecule has 1 aromatic heterocycles. The summed E-state index contributed by atoms with van der Waals surface area (Å²) in [6, 6.07) is -0.199. The maximum Gasteiger partial charge on any atom is 0.408 e. The molecule has 1 aromatic rings. The third kappa shape index (κ3) is 5.75. The Morgan fingerprint density at radius 1 is 1.38 bits per heavy atom. The highest BCUT2D eigenvalue weighted by atomic mass is 16.6. The van der Waals surface area contributed by atoms with Crippen LogP contribution in [0.5, 0.6) is 0 Å². The summed E-state index contributed by atoms with van der Waals surface area (Å²) in [5.41, 5.74) is 0.0920. The first-order valence-corrected chi connectivity index (χ1v) is 7.09. The smallest absolute Gasteiger partial charge is 0.408 e. The molecule has 6 heteroatoms. The minimum atomic E-state index is -0.512. The van der Waals surface area contributed by atoms with Gasteiger partial charge in [0.2, 0.25) is 0 Å². The van der Waals surface area contributed by atoms with Gasteiger partial charge >= 0.3 is 6.09 Å². The van der Waals surface area contributed by atoms with E-state index in [4.69, 9.17) is 9.47 Å². The van der Waals surface area contributed by atoms with Crippen molar-refractivity contribution in [2.45, 2.75) is 65.3 Å². The van der Waals surface area contributed by atoms with E-state index < -0.39 is 11.7 Å². The van der Waals surface area contributed by atoms with Gasteiger partial charge in [-0.15, -0.1) is 0 Å². The van der Waals surface area contributed by atoms with Crippen molar-refractivity contribution in [3.05, 3.63) is 18.2 Å². The van der Waals surface area contributed by atoms with Crippen LogP contribution >= 0.6 is 0 Å². The zero-order valence-electron chi connectivity index (χ0n) is 14.1. The quantitative estimate of drug-likeness (QED) is 0.907. The second kappa shape index (κ2) is 6.47. The number of alkyl carbamates (subject to hydrolysis) is 1. The molecule has 6 nitrogen and oxygen atoms in total. The van der Waals surface area contributed by atoms with Crippen LogP contribution in [0.2, 0.25) is 0 Å². The summed E-state index contributed by atoms with van der Waals surface area (Å²) in [5, 5.41) is 2.82. The van der Waals surface area contributed by atoms with Crippen LogP contribution < -0.4 is 5.32 Å². The second-order valence-corrected chi connectivity index (χ2v) is 6.78. The standard InChI is InChI=1S/C15H27N3O3/c1-11(17-13(19)21-14(2,3)4)12-8-16-10-18(12)9-15(5,6)20-7/h8,10-11H,9H2,1-7H3,(H,17,19). The number of rotatable bonds is 5. The Bertz CT molecular complexity index is 475. The molecule has 0 spiro atoms. The zero-order valence-corrected chi connectivity index (χ0v) is 14.1. The molecule has 0 aliphatic carbocycles. The number of methoxy groups -OCH3 is 1. The van der Waals surface area contributed by atoms with Gasteiger partial charge in [-0.2, -0.15) is 0 Å². The van der Waals surface area contributed by atoms with Crippen molar-refractivity contribution in [3.8, 4) is 0 Å². The summed E-state index contributed by atoms with van der Waals surface area (Å²) in [5.74, 6) is 0. The first kappa shape index (κ1) is 17.5. The fraction of sp³-hybridized carbons (Fsp3) is 0.733.